The van der Waals surface area contributed by atoms with Crippen LogP contribution in [-0.4, -0.2) is 24.5 Å². The van der Waals surface area contributed by atoms with Gasteiger partial charge in [-0.05, 0) is 6.42 Å². The molecule has 0 spiro atoms. The van der Waals surface area contributed by atoms with E-state index >= 15 is 0 Å². The summed E-state index contributed by atoms with van der Waals surface area (Å²) < 4.78 is 0. The molecule has 0 saturated carbocycles. The molecule has 0 aliphatic heterocycles. The van der Waals surface area contributed by atoms with Crippen LogP contribution in [0.1, 0.15) is 13.3 Å². The number of carbonyl (C=O) groups is 1. The Hall–Kier alpha value is 0.170. The molecule has 0 unspecified atom stereocenters. The van der Waals surface area contributed by atoms with Crippen molar-refractivity contribution >= 4 is 28.0 Å². The van der Waals surface area contributed by atoms with E-state index in [4.69, 9.17) is 0 Å². The van der Waals surface area contributed by atoms with Crippen molar-refractivity contribution < 1.29 is 4.79 Å². The van der Waals surface area contributed by atoms with E-state index in [2.05, 4.69) is 12.2 Å². The van der Waals surface area contributed by atoms with Crippen molar-refractivity contribution in [2.45, 2.75) is 13.3 Å². The van der Waals surface area contributed by atoms with E-state index in [1.54, 1.807) is 0 Å². The zero-order valence-corrected chi connectivity index (χ0v) is 7.76. The summed E-state index contributed by atoms with van der Waals surface area (Å²) in [5, 5.41) is 2.61. The topological polar surface area (TPSA) is 29.1 Å². The molecular formula is C6H13NOS2. The first kappa shape index (κ1) is 10.2. The first-order valence-corrected chi connectivity index (χ1v) is 5.82. The molecule has 4 heteroatoms. The Bertz CT molecular complexity index is 80.1. The zero-order valence-electron chi connectivity index (χ0n) is 6.13. The Morgan fingerprint density at radius 2 is 2.10 bits per heavy atom. The van der Waals surface area contributed by atoms with E-state index in [9.17, 15) is 4.79 Å². The summed E-state index contributed by atoms with van der Waals surface area (Å²) in [4.78, 5) is 9.77. The lowest BCUT2D eigenvalue weighted by atomic mass is 10.6. The van der Waals surface area contributed by atoms with Crippen molar-refractivity contribution in [3.8, 4) is 0 Å². The van der Waals surface area contributed by atoms with Crippen LogP contribution >= 0.6 is 21.6 Å². The fraction of sp³-hybridized carbons (Fsp3) is 0.833. The molecule has 0 aliphatic carbocycles. The first-order valence-electron chi connectivity index (χ1n) is 3.33. The fourth-order valence-corrected chi connectivity index (χ4v) is 2.42. The second-order valence-corrected chi connectivity index (χ2v) is 4.42. The molecule has 0 atom stereocenters. The maximum atomic E-state index is 9.77. The molecule has 0 aliphatic rings. The summed E-state index contributed by atoms with van der Waals surface area (Å²) in [7, 11) is 3.68. The third-order valence-electron chi connectivity index (χ3n) is 0.784. The van der Waals surface area contributed by atoms with E-state index < -0.39 is 0 Å². The van der Waals surface area contributed by atoms with Crippen LogP contribution in [-0.2, 0) is 4.79 Å². The van der Waals surface area contributed by atoms with Crippen molar-refractivity contribution in [2.75, 3.05) is 18.1 Å². The van der Waals surface area contributed by atoms with Gasteiger partial charge in [0.1, 0.15) is 0 Å². The number of hydrogen-bond donors (Lipinski definition) is 1. The van der Waals surface area contributed by atoms with Gasteiger partial charge in [0.15, 0.2) is 0 Å². The molecule has 0 aromatic carbocycles. The standard InChI is InChI=1S/C6H13NOS2/c1-2-4-9-10-5-3-7-6-8/h6H,2-5H2,1H3,(H,7,8). The lowest BCUT2D eigenvalue weighted by Crippen LogP contribution is -2.13. The van der Waals surface area contributed by atoms with Gasteiger partial charge in [-0.3, -0.25) is 4.79 Å². The van der Waals surface area contributed by atoms with E-state index in [1.165, 1.54) is 12.2 Å². The van der Waals surface area contributed by atoms with Gasteiger partial charge in [-0.25, -0.2) is 0 Å². The molecular weight excluding hydrogens is 166 g/mol. The van der Waals surface area contributed by atoms with Crippen molar-refractivity contribution in [3.63, 3.8) is 0 Å². The van der Waals surface area contributed by atoms with Gasteiger partial charge in [0.25, 0.3) is 0 Å². The van der Waals surface area contributed by atoms with Gasteiger partial charge in [-0.2, -0.15) is 0 Å². The minimum Gasteiger partial charge on any atom is -0.358 e. The fourth-order valence-electron chi connectivity index (χ4n) is 0.361. The summed E-state index contributed by atoms with van der Waals surface area (Å²) in [6, 6.07) is 0. The van der Waals surface area contributed by atoms with Crippen molar-refractivity contribution in [3.05, 3.63) is 0 Å². The molecule has 1 amide bonds. The molecule has 0 heterocycles. The molecule has 0 rings (SSSR count). The summed E-state index contributed by atoms with van der Waals surface area (Å²) in [6.07, 6.45) is 1.96. The Labute approximate surface area is 69.9 Å². The highest BCUT2D eigenvalue weighted by Gasteiger charge is 1.86. The molecule has 0 fully saturated rings. The van der Waals surface area contributed by atoms with Gasteiger partial charge in [0.05, 0.1) is 0 Å². The smallest absolute Gasteiger partial charge is 0.207 e. The number of amides is 1. The molecule has 0 aromatic heterocycles. The molecule has 1 N–H and O–H groups in total. The predicted molar refractivity (Wildman–Crippen MR) is 49.3 cm³/mol. The largest absolute Gasteiger partial charge is 0.358 e. The van der Waals surface area contributed by atoms with Crippen LogP contribution in [0.2, 0.25) is 0 Å². The summed E-state index contributed by atoms with van der Waals surface area (Å²) in [5.74, 6) is 2.20. The molecule has 0 bridgehead atoms. The second kappa shape index (κ2) is 9.17. The van der Waals surface area contributed by atoms with Crippen LogP contribution in [0.15, 0.2) is 0 Å². The summed E-state index contributed by atoms with van der Waals surface area (Å²) in [6.45, 7) is 2.95. The minimum atomic E-state index is 0.741. The predicted octanol–water partition coefficient (Wildman–Crippen LogP) is 1.52. The summed E-state index contributed by atoms with van der Waals surface area (Å²) >= 11 is 0. The minimum absolute atomic E-state index is 0.741. The van der Waals surface area contributed by atoms with E-state index in [1.807, 2.05) is 21.6 Å². The average Bonchev–Trinajstić information content (AvgIpc) is 1.97. The first-order chi connectivity index (χ1) is 4.91. The van der Waals surface area contributed by atoms with Gasteiger partial charge in [0.2, 0.25) is 6.41 Å². The molecule has 2 nitrogen and oxygen atoms in total. The quantitative estimate of drug-likeness (QED) is 0.365. The van der Waals surface area contributed by atoms with Gasteiger partial charge in [-0.15, -0.1) is 0 Å². The van der Waals surface area contributed by atoms with E-state index in [0.29, 0.717) is 0 Å². The third-order valence-corrected chi connectivity index (χ3v) is 3.40. The highest BCUT2D eigenvalue weighted by atomic mass is 33.1. The molecule has 0 radical (unpaired) electrons. The molecule has 0 saturated heterocycles. The maximum absolute atomic E-state index is 9.77. The number of carbonyl (C=O) groups excluding carboxylic acids is 1. The highest BCUT2D eigenvalue weighted by molar-refractivity contribution is 8.76. The zero-order chi connectivity index (χ0) is 7.66. The van der Waals surface area contributed by atoms with Crippen LogP contribution < -0.4 is 5.32 Å². The molecule has 0 aromatic rings. The highest BCUT2D eigenvalue weighted by Crippen LogP contribution is 2.20. The van der Waals surface area contributed by atoms with Gasteiger partial charge >= 0.3 is 0 Å². The van der Waals surface area contributed by atoms with Gasteiger partial charge < -0.3 is 5.32 Å². The van der Waals surface area contributed by atoms with Gasteiger partial charge in [0, 0.05) is 18.1 Å². The average molecular weight is 179 g/mol. The lowest BCUT2D eigenvalue weighted by Gasteiger charge is -1.97. The number of rotatable bonds is 7. The molecule has 10 heavy (non-hydrogen) atoms. The monoisotopic (exact) mass is 179 g/mol. The van der Waals surface area contributed by atoms with Crippen LogP contribution in [0.3, 0.4) is 0 Å². The Morgan fingerprint density at radius 1 is 1.40 bits per heavy atom. The summed E-state index contributed by atoms with van der Waals surface area (Å²) in [5.41, 5.74) is 0. The Balaban J connectivity index is 2.70. The van der Waals surface area contributed by atoms with Crippen LogP contribution in [0.5, 0.6) is 0 Å². The van der Waals surface area contributed by atoms with Crippen molar-refractivity contribution in [1.29, 1.82) is 0 Å². The van der Waals surface area contributed by atoms with Crippen molar-refractivity contribution in [2.24, 2.45) is 0 Å². The van der Waals surface area contributed by atoms with Gasteiger partial charge in [-0.1, -0.05) is 28.5 Å². The van der Waals surface area contributed by atoms with Crippen LogP contribution in [0, 0.1) is 0 Å². The Morgan fingerprint density at radius 3 is 2.70 bits per heavy atom. The number of nitrogens with one attached hydrogen (secondary N) is 1. The SMILES string of the molecule is CCCSSCCNC=O. The van der Waals surface area contributed by atoms with E-state index in [0.717, 1.165) is 18.7 Å². The van der Waals surface area contributed by atoms with Crippen molar-refractivity contribution in [1.82, 2.24) is 5.32 Å². The normalized spacial score (nSPS) is 9.30. The second-order valence-electron chi connectivity index (χ2n) is 1.72. The lowest BCUT2D eigenvalue weighted by molar-refractivity contribution is -0.109. The maximum Gasteiger partial charge on any atom is 0.207 e. The third kappa shape index (κ3) is 8.17. The van der Waals surface area contributed by atoms with E-state index in [-0.39, 0.29) is 0 Å². The Kier molecular flexibility index (Phi) is 9.33. The number of hydrogen-bond acceptors (Lipinski definition) is 3. The van der Waals surface area contributed by atoms with Crippen LogP contribution in [0.25, 0.3) is 0 Å². The van der Waals surface area contributed by atoms with Crippen LogP contribution in [0.4, 0.5) is 0 Å². The molecule has 60 valence electrons.